The molecule has 2 atom stereocenters. The first-order chi connectivity index (χ1) is 21.8. The summed E-state index contributed by atoms with van der Waals surface area (Å²) in [6, 6.07) is 19.8. The first kappa shape index (κ1) is 33.3. The van der Waals surface area contributed by atoms with Crippen LogP contribution >= 0.6 is 22.7 Å². The standard InChI is InChI=1S/C18H18N2OS.C9H8N2.C9H12O2S/c1-13(16-7-9-22-12-16)2-5-18(21)20-17-4-3-15-11-19-8-6-14(15)10-17;10-9-2-1-8-6-11-4-3-7(8)5-9;1-7(2-3-9(10)11)8-4-5-12-6-8/h3-4,6-13H,2,5H2,1H3,(H,20,21);1-6H,10H2;4-7H,2-3H2,1H3,(H,10,11). The molecule has 9 heteroatoms. The van der Waals surface area contributed by atoms with Crippen molar-refractivity contribution in [3.8, 4) is 0 Å². The lowest BCUT2D eigenvalue weighted by Gasteiger charge is -2.10. The van der Waals surface area contributed by atoms with E-state index in [1.807, 2.05) is 66.3 Å². The Labute approximate surface area is 271 Å². The Kier molecular flexibility index (Phi) is 12.6. The molecule has 0 saturated heterocycles. The third-order valence-electron chi connectivity index (χ3n) is 7.41. The summed E-state index contributed by atoms with van der Waals surface area (Å²) in [6.45, 7) is 4.23. The van der Waals surface area contributed by atoms with Crippen molar-refractivity contribution >= 4 is 67.5 Å². The topological polar surface area (TPSA) is 118 Å². The normalized spacial score (nSPS) is 11.9. The highest BCUT2D eigenvalue weighted by Crippen LogP contribution is 2.24. The van der Waals surface area contributed by atoms with Crippen LogP contribution in [0.5, 0.6) is 0 Å². The molecule has 0 aliphatic carbocycles. The minimum Gasteiger partial charge on any atom is -0.481 e. The maximum atomic E-state index is 12.1. The molecule has 1 amide bonds. The molecule has 0 radical (unpaired) electrons. The van der Waals surface area contributed by atoms with E-state index in [2.05, 4.69) is 57.4 Å². The quantitative estimate of drug-likeness (QED) is 0.136. The number of carboxylic acids is 1. The third-order valence-corrected chi connectivity index (χ3v) is 8.81. The van der Waals surface area contributed by atoms with E-state index in [1.54, 1.807) is 35.1 Å². The number of nitrogens with zero attached hydrogens (tertiary/aromatic N) is 2. The van der Waals surface area contributed by atoms with Crippen LogP contribution in [0.1, 0.15) is 62.5 Å². The number of benzene rings is 2. The van der Waals surface area contributed by atoms with E-state index in [4.69, 9.17) is 10.8 Å². The highest BCUT2D eigenvalue weighted by atomic mass is 32.1. The predicted octanol–water partition coefficient (Wildman–Crippen LogP) is 9.35. The van der Waals surface area contributed by atoms with Crippen LogP contribution in [0.2, 0.25) is 0 Å². The van der Waals surface area contributed by atoms with Gasteiger partial charge < -0.3 is 16.2 Å². The third kappa shape index (κ3) is 10.8. The van der Waals surface area contributed by atoms with E-state index in [9.17, 15) is 9.59 Å². The number of carboxylic acid groups (broad SMARTS) is 1. The van der Waals surface area contributed by atoms with Gasteiger partial charge in [-0.05, 0) is 117 Å². The summed E-state index contributed by atoms with van der Waals surface area (Å²) in [5.41, 5.74) is 9.81. The van der Waals surface area contributed by atoms with Gasteiger partial charge in [0.2, 0.25) is 5.91 Å². The number of hydrogen-bond donors (Lipinski definition) is 3. The van der Waals surface area contributed by atoms with Crippen molar-refractivity contribution in [2.24, 2.45) is 0 Å². The van der Waals surface area contributed by atoms with Crippen molar-refractivity contribution in [2.75, 3.05) is 11.1 Å². The van der Waals surface area contributed by atoms with Crippen molar-refractivity contribution in [1.29, 1.82) is 0 Å². The van der Waals surface area contributed by atoms with Crippen LogP contribution in [0, 0.1) is 0 Å². The zero-order valence-corrected chi connectivity index (χ0v) is 27.1. The van der Waals surface area contributed by atoms with Gasteiger partial charge in [-0.2, -0.15) is 22.7 Å². The number of amides is 1. The minimum atomic E-state index is -0.711. The average Bonchev–Trinajstić information content (AvgIpc) is 3.79. The van der Waals surface area contributed by atoms with Crippen molar-refractivity contribution in [3.05, 3.63) is 118 Å². The molecule has 0 fully saturated rings. The molecule has 45 heavy (non-hydrogen) atoms. The molecule has 7 nitrogen and oxygen atoms in total. The summed E-state index contributed by atoms with van der Waals surface area (Å²) >= 11 is 3.35. The Morgan fingerprint density at radius 2 is 1.31 bits per heavy atom. The molecular formula is C36H38N4O3S2. The summed E-state index contributed by atoms with van der Waals surface area (Å²) in [5, 5.41) is 24.2. The summed E-state index contributed by atoms with van der Waals surface area (Å²) in [5.74, 6) is 0.139. The number of nitrogens with one attached hydrogen (secondary N) is 1. The van der Waals surface area contributed by atoms with Crippen molar-refractivity contribution in [3.63, 3.8) is 0 Å². The second-order valence-corrected chi connectivity index (χ2v) is 12.4. The number of hydrogen-bond acceptors (Lipinski definition) is 7. The summed E-state index contributed by atoms with van der Waals surface area (Å²) in [4.78, 5) is 30.5. The van der Waals surface area contributed by atoms with Gasteiger partial charge >= 0.3 is 5.97 Å². The number of fused-ring (bicyclic) bond motifs is 2. The van der Waals surface area contributed by atoms with Gasteiger partial charge in [-0.1, -0.05) is 26.0 Å². The number of aliphatic carboxylic acids is 1. The van der Waals surface area contributed by atoms with Gasteiger partial charge in [0.15, 0.2) is 0 Å². The number of carbonyl (C=O) groups is 2. The first-order valence-electron chi connectivity index (χ1n) is 14.8. The molecule has 6 aromatic rings. The molecule has 6 rings (SSSR count). The van der Waals surface area contributed by atoms with Gasteiger partial charge in [-0.15, -0.1) is 0 Å². The Hall–Kier alpha value is -4.60. The minimum absolute atomic E-state index is 0.0653. The maximum absolute atomic E-state index is 12.1. The molecule has 4 aromatic heterocycles. The molecule has 0 saturated carbocycles. The zero-order chi connectivity index (χ0) is 32.0. The monoisotopic (exact) mass is 638 g/mol. The largest absolute Gasteiger partial charge is 0.481 e. The van der Waals surface area contributed by atoms with Gasteiger partial charge in [-0.3, -0.25) is 19.6 Å². The number of nitrogen functional groups attached to an aromatic ring is 1. The van der Waals surface area contributed by atoms with E-state index >= 15 is 0 Å². The number of nitrogens with two attached hydrogens (primary N) is 1. The Bertz CT molecular complexity index is 1790. The van der Waals surface area contributed by atoms with Gasteiger partial charge in [0.25, 0.3) is 0 Å². The number of anilines is 2. The van der Waals surface area contributed by atoms with Crippen LogP contribution in [0.15, 0.2) is 107 Å². The van der Waals surface area contributed by atoms with Crippen LogP contribution < -0.4 is 11.1 Å². The van der Waals surface area contributed by atoms with Crippen LogP contribution in [-0.4, -0.2) is 27.0 Å². The molecular weight excluding hydrogens is 601 g/mol. The molecule has 4 N–H and O–H groups in total. The number of aromatic nitrogens is 2. The molecule has 232 valence electrons. The second kappa shape index (κ2) is 17.0. The maximum Gasteiger partial charge on any atom is 0.303 e. The van der Waals surface area contributed by atoms with Gasteiger partial charge in [0.05, 0.1) is 0 Å². The lowest BCUT2D eigenvalue weighted by molar-refractivity contribution is -0.137. The van der Waals surface area contributed by atoms with Gasteiger partial charge in [0.1, 0.15) is 0 Å². The Balaban J connectivity index is 0.000000169. The molecule has 0 aliphatic rings. The van der Waals surface area contributed by atoms with Crippen molar-refractivity contribution < 1.29 is 14.7 Å². The Morgan fingerprint density at radius 1 is 0.756 bits per heavy atom. The SMILES string of the molecule is CC(CCC(=O)Nc1ccc2cnccc2c1)c1ccsc1.CC(CCC(=O)O)c1ccsc1.Nc1ccc2cnccc2c1. The number of pyridine rings is 2. The number of carbonyl (C=O) groups excluding carboxylic acids is 1. The second-order valence-electron chi connectivity index (χ2n) is 10.9. The van der Waals surface area contributed by atoms with Crippen LogP contribution in [0.25, 0.3) is 21.5 Å². The molecule has 0 spiro atoms. The predicted molar refractivity (Wildman–Crippen MR) is 188 cm³/mol. The fraction of sp³-hybridized carbons (Fsp3) is 0.222. The zero-order valence-electron chi connectivity index (χ0n) is 25.4. The number of rotatable bonds is 9. The van der Waals surface area contributed by atoms with Gasteiger partial charge in [0, 0.05) is 59.8 Å². The fourth-order valence-corrected chi connectivity index (χ4v) is 6.18. The van der Waals surface area contributed by atoms with Gasteiger partial charge in [-0.25, -0.2) is 0 Å². The Morgan fingerprint density at radius 3 is 1.87 bits per heavy atom. The highest BCUT2D eigenvalue weighted by molar-refractivity contribution is 7.08. The average molecular weight is 639 g/mol. The molecule has 2 aromatic carbocycles. The molecule has 0 aliphatic heterocycles. The highest BCUT2D eigenvalue weighted by Gasteiger charge is 2.10. The summed E-state index contributed by atoms with van der Waals surface area (Å²) in [7, 11) is 0. The lowest BCUT2D eigenvalue weighted by Crippen LogP contribution is -2.12. The smallest absolute Gasteiger partial charge is 0.303 e. The van der Waals surface area contributed by atoms with Crippen LogP contribution in [0.3, 0.4) is 0 Å². The number of thiophene rings is 2. The van der Waals surface area contributed by atoms with E-state index in [0.717, 1.165) is 45.8 Å². The first-order valence-corrected chi connectivity index (χ1v) is 16.7. The van der Waals surface area contributed by atoms with E-state index in [1.165, 1.54) is 11.1 Å². The van der Waals surface area contributed by atoms with Crippen molar-refractivity contribution in [1.82, 2.24) is 9.97 Å². The lowest BCUT2D eigenvalue weighted by atomic mass is 9.99. The summed E-state index contributed by atoms with van der Waals surface area (Å²) in [6.07, 6.45) is 9.56. The van der Waals surface area contributed by atoms with E-state index < -0.39 is 5.97 Å². The van der Waals surface area contributed by atoms with Crippen LogP contribution in [0.4, 0.5) is 11.4 Å². The fourth-order valence-electron chi connectivity index (χ4n) is 4.62. The van der Waals surface area contributed by atoms with Crippen LogP contribution in [-0.2, 0) is 9.59 Å². The van der Waals surface area contributed by atoms with E-state index in [-0.39, 0.29) is 12.3 Å². The molecule has 0 bridgehead atoms. The van der Waals surface area contributed by atoms with Crippen molar-refractivity contribution in [2.45, 2.75) is 51.4 Å². The molecule has 4 heterocycles. The molecule has 2 unspecified atom stereocenters. The van der Waals surface area contributed by atoms with E-state index in [0.29, 0.717) is 18.3 Å². The summed E-state index contributed by atoms with van der Waals surface area (Å²) < 4.78 is 0.